The molecule has 2 aromatic rings. The van der Waals surface area contributed by atoms with E-state index in [4.69, 9.17) is 14.2 Å². The molecule has 5 nitrogen and oxygen atoms in total. The molecule has 0 bridgehead atoms. The first kappa shape index (κ1) is 17.4. The number of nitrogens with zero attached hydrogens (tertiary/aromatic N) is 1. The number of halogens is 2. The van der Waals surface area contributed by atoms with Gasteiger partial charge in [0, 0.05) is 18.0 Å². The van der Waals surface area contributed by atoms with Gasteiger partial charge in [0.1, 0.15) is 5.82 Å². The van der Waals surface area contributed by atoms with Gasteiger partial charge < -0.3 is 19.2 Å². The second kappa shape index (κ2) is 7.76. The van der Waals surface area contributed by atoms with Crippen molar-refractivity contribution in [1.29, 1.82) is 0 Å². The van der Waals surface area contributed by atoms with E-state index in [2.05, 4.69) is 9.97 Å². The molecule has 1 aromatic carbocycles. The van der Waals surface area contributed by atoms with E-state index in [9.17, 15) is 0 Å². The Labute approximate surface area is 124 Å². The van der Waals surface area contributed by atoms with Crippen LogP contribution in [0.2, 0.25) is 0 Å². The fourth-order valence-corrected chi connectivity index (χ4v) is 1.64. The molecule has 0 aliphatic carbocycles. The fraction of sp³-hybridized carbons (Fsp3) is 0.250. The van der Waals surface area contributed by atoms with Crippen LogP contribution in [0.4, 0.5) is 0 Å². The van der Waals surface area contributed by atoms with Gasteiger partial charge in [0.2, 0.25) is 5.75 Å². The van der Waals surface area contributed by atoms with Gasteiger partial charge in [-0.1, -0.05) is 0 Å². The van der Waals surface area contributed by atoms with Crippen molar-refractivity contribution in [2.45, 2.75) is 0 Å². The molecule has 2 rings (SSSR count). The monoisotopic (exact) mass is 306 g/mol. The Kier molecular flexibility index (Phi) is 7.11. The number of imidazole rings is 1. The smallest absolute Gasteiger partial charge is 0.203 e. The van der Waals surface area contributed by atoms with Crippen LogP contribution < -0.4 is 14.2 Å². The number of hydrogen-bond donors (Lipinski definition) is 1. The lowest BCUT2D eigenvalue weighted by atomic mass is 10.1. The van der Waals surface area contributed by atoms with Crippen LogP contribution in [-0.4, -0.2) is 31.3 Å². The molecule has 19 heavy (non-hydrogen) atoms. The number of methoxy groups -OCH3 is 3. The van der Waals surface area contributed by atoms with Crippen LogP contribution in [0.15, 0.2) is 24.5 Å². The van der Waals surface area contributed by atoms with E-state index < -0.39 is 0 Å². The van der Waals surface area contributed by atoms with E-state index in [0.717, 1.165) is 11.4 Å². The van der Waals surface area contributed by atoms with Gasteiger partial charge >= 0.3 is 0 Å². The highest BCUT2D eigenvalue weighted by Gasteiger charge is 2.14. The molecule has 0 unspecified atom stereocenters. The third-order valence-electron chi connectivity index (χ3n) is 2.44. The molecule has 1 aromatic heterocycles. The summed E-state index contributed by atoms with van der Waals surface area (Å²) in [5, 5.41) is 0. The van der Waals surface area contributed by atoms with Gasteiger partial charge in [0.05, 0.1) is 21.3 Å². The van der Waals surface area contributed by atoms with E-state index >= 15 is 0 Å². The maximum Gasteiger partial charge on any atom is 0.203 e. The van der Waals surface area contributed by atoms with Crippen LogP contribution in [0.25, 0.3) is 11.4 Å². The second-order valence-corrected chi connectivity index (χ2v) is 3.35. The molecule has 0 fully saturated rings. The van der Waals surface area contributed by atoms with Crippen LogP contribution in [0.1, 0.15) is 0 Å². The summed E-state index contributed by atoms with van der Waals surface area (Å²) in [7, 11) is 4.75. The van der Waals surface area contributed by atoms with Crippen LogP contribution >= 0.6 is 24.8 Å². The standard InChI is InChI=1S/C12H14N2O3.2ClH/c1-15-9-6-8(12-13-4-5-14-12)7-10(16-2)11(9)17-3;;/h4-7H,1-3H3,(H,13,14);2*1H. The number of hydrogen-bond acceptors (Lipinski definition) is 4. The first-order valence-corrected chi connectivity index (χ1v) is 5.10. The van der Waals surface area contributed by atoms with Gasteiger partial charge in [-0.15, -0.1) is 24.8 Å². The summed E-state index contributed by atoms with van der Waals surface area (Å²) in [5.41, 5.74) is 0.879. The van der Waals surface area contributed by atoms with Crippen LogP contribution in [0.3, 0.4) is 0 Å². The van der Waals surface area contributed by atoms with Crippen LogP contribution in [0, 0.1) is 0 Å². The van der Waals surface area contributed by atoms with Crippen molar-refractivity contribution in [3.63, 3.8) is 0 Å². The van der Waals surface area contributed by atoms with Gasteiger partial charge in [-0.05, 0) is 12.1 Å². The average Bonchev–Trinajstić information content (AvgIpc) is 2.90. The van der Waals surface area contributed by atoms with Crippen molar-refractivity contribution in [2.24, 2.45) is 0 Å². The Bertz CT molecular complexity index is 479. The molecule has 0 saturated heterocycles. The first-order valence-electron chi connectivity index (χ1n) is 5.10. The molecule has 0 aliphatic rings. The van der Waals surface area contributed by atoms with E-state index in [0.29, 0.717) is 17.2 Å². The molecule has 1 heterocycles. The van der Waals surface area contributed by atoms with Gasteiger partial charge in [-0.3, -0.25) is 0 Å². The first-order chi connectivity index (χ1) is 8.30. The predicted molar refractivity (Wildman–Crippen MR) is 78.2 cm³/mol. The van der Waals surface area contributed by atoms with Crippen molar-refractivity contribution in [3.8, 4) is 28.6 Å². The number of H-pyrrole nitrogens is 1. The number of rotatable bonds is 4. The SMILES string of the molecule is COc1cc(-c2ncc[nH]2)cc(OC)c1OC.Cl.Cl. The minimum Gasteiger partial charge on any atom is -0.493 e. The van der Waals surface area contributed by atoms with Crippen molar-refractivity contribution < 1.29 is 14.2 Å². The maximum atomic E-state index is 5.27. The Hall–Kier alpha value is -1.59. The third kappa shape index (κ3) is 3.45. The predicted octanol–water partition coefficient (Wildman–Crippen LogP) is 2.95. The molecule has 1 N–H and O–H groups in total. The fourth-order valence-electron chi connectivity index (χ4n) is 1.64. The zero-order valence-corrected chi connectivity index (χ0v) is 12.4. The highest BCUT2D eigenvalue weighted by molar-refractivity contribution is 5.85. The Morgan fingerprint density at radius 1 is 0.947 bits per heavy atom. The van der Waals surface area contributed by atoms with Crippen molar-refractivity contribution in [3.05, 3.63) is 24.5 Å². The van der Waals surface area contributed by atoms with Crippen molar-refractivity contribution >= 4 is 24.8 Å². The molecule has 0 amide bonds. The minimum absolute atomic E-state index is 0. The summed E-state index contributed by atoms with van der Waals surface area (Å²) in [4.78, 5) is 7.22. The number of ether oxygens (including phenoxy) is 3. The van der Waals surface area contributed by atoms with Crippen LogP contribution in [-0.2, 0) is 0 Å². The van der Waals surface area contributed by atoms with Gasteiger partial charge in [-0.25, -0.2) is 4.98 Å². The molecule has 7 heteroatoms. The van der Waals surface area contributed by atoms with Gasteiger partial charge in [-0.2, -0.15) is 0 Å². The highest BCUT2D eigenvalue weighted by Crippen LogP contribution is 2.40. The number of aromatic nitrogens is 2. The highest BCUT2D eigenvalue weighted by atomic mass is 35.5. The van der Waals surface area contributed by atoms with Crippen LogP contribution in [0.5, 0.6) is 17.2 Å². The summed E-state index contributed by atoms with van der Waals surface area (Å²) in [5.74, 6) is 2.55. The second-order valence-electron chi connectivity index (χ2n) is 3.35. The largest absolute Gasteiger partial charge is 0.493 e. The summed E-state index contributed by atoms with van der Waals surface area (Å²) in [6.07, 6.45) is 3.46. The van der Waals surface area contributed by atoms with Crippen molar-refractivity contribution in [1.82, 2.24) is 9.97 Å². The van der Waals surface area contributed by atoms with Crippen molar-refractivity contribution in [2.75, 3.05) is 21.3 Å². The molecular weight excluding hydrogens is 291 g/mol. The summed E-state index contributed by atoms with van der Waals surface area (Å²) < 4.78 is 15.8. The lowest BCUT2D eigenvalue weighted by molar-refractivity contribution is 0.324. The average molecular weight is 307 g/mol. The number of aromatic amines is 1. The maximum absolute atomic E-state index is 5.27. The minimum atomic E-state index is 0. The molecule has 0 radical (unpaired) electrons. The zero-order chi connectivity index (χ0) is 12.3. The summed E-state index contributed by atoms with van der Waals surface area (Å²) >= 11 is 0. The van der Waals surface area contributed by atoms with E-state index in [1.165, 1.54) is 0 Å². The van der Waals surface area contributed by atoms with Gasteiger partial charge in [0.25, 0.3) is 0 Å². The molecular formula is C12H16Cl2N2O3. The summed E-state index contributed by atoms with van der Waals surface area (Å²) in [6, 6.07) is 3.69. The lowest BCUT2D eigenvalue weighted by Crippen LogP contribution is -1.96. The zero-order valence-electron chi connectivity index (χ0n) is 10.8. The lowest BCUT2D eigenvalue weighted by Gasteiger charge is -2.13. The quantitative estimate of drug-likeness (QED) is 0.943. The van der Waals surface area contributed by atoms with E-state index in [1.54, 1.807) is 33.7 Å². The third-order valence-corrected chi connectivity index (χ3v) is 2.44. The number of benzene rings is 1. The van der Waals surface area contributed by atoms with Gasteiger partial charge in [0.15, 0.2) is 11.5 Å². The topological polar surface area (TPSA) is 56.4 Å². The molecule has 0 aliphatic heterocycles. The molecule has 0 atom stereocenters. The Morgan fingerprint density at radius 2 is 1.53 bits per heavy atom. The van der Waals surface area contributed by atoms with E-state index in [-0.39, 0.29) is 24.8 Å². The summed E-state index contributed by atoms with van der Waals surface area (Å²) in [6.45, 7) is 0. The molecule has 0 spiro atoms. The molecule has 0 saturated carbocycles. The Morgan fingerprint density at radius 3 is 1.89 bits per heavy atom. The number of nitrogens with one attached hydrogen (secondary N) is 1. The molecule has 106 valence electrons. The Balaban J connectivity index is 0.00000162. The van der Waals surface area contributed by atoms with E-state index in [1.807, 2.05) is 12.1 Å². The normalized spacial score (nSPS) is 9.00.